The highest BCUT2D eigenvalue weighted by Crippen LogP contribution is 2.30. The van der Waals surface area contributed by atoms with Crippen LogP contribution in [0.25, 0.3) is 11.0 Å². The largest absolute Gasteiger partial charge is 0.439 e. The lowest BCUT2D eigenvalue weighted by Gasteiger charge is -2.24. The molecule has 0 radical (unpaired) electrons. The molecule has 3 aromatic rings. The third kappa shape index (κ3) is 3.24. The van der Waals surface area contributed by atoms with E-state index in [-0.39, 0.29) is 16.9 Å². The number of anilines is 2. The van der Waals surface area contributed by atoms with Gasteiger partial charge in [0.1, 0.15) is 11.1 Å². The second kappa shape index (κ2) is 7.70. The quantitative estimate of drug-likeness (QED) is 0.711. The van der Waals surface area contributed by atoms with Crippen molar-refractivity contribution in [3.63, 3.8) is 0 Å². The highest BCUT2D eigenvalue weighted by atomic mass is 16.4. The Morgan fingerprint density at radius 3 is 2.50 bits per heavy atom. The van der Waals surface area contributed by atoms with E-state index < -0.39 is 5.91 Å². The van der Waals surface area contributed by atoms with Crippen LogP contribution in [0.5, 0.6) is 0 Å². The maximum atomic E-state index is 13.0. The number of hydrogen-bond donors (Lipinski definition) is 1. The van der Waals surface area contributed by atoms with Crippen LogP contribution < -0.4 is 15.6 Å². The first-order chi connectivity index (χ1) is 12.7. The van der Waals surface area contributed by atoms with Crippen LogP contribution in [0.1, 0.15) is 17.3 Å². The lowest BCUT2D eigenvalue weighted by atomic mass is 10.1. The van der Waals surface area contributed by atoms with Crippen molar-refractivity contribution < 1.29 is 9.21 Å². The molecule has 5 nitrogen and oxygen atoms in total. The molecule has 3 rings (SSSR count). The molecule has 0 unspecified atom stereocenters. The summed E-state index contributed by atoms with van der Waals surface area (Å²) in [6, 6.07) is 16.5. The van der Waals surface area contributed by atoms with E-state index >= 15 is 0 Å². The summed E-state index contributed by atoms with van der Waals surface area (Å²) in [5.74, 6) is -0.238. The number of nitrogens with zero attached hydrogens (tertiary/aromatic N) is 1. The molecule has 0 aliphatic heterocycles. The minimum absolute atomic E-state index is 0.000411. The van der Waals surface area contributed by atoms with Gasteiger partial charge >= 0.3 is 0 Å². The van der Waals surface area contributed by atoms with E-state index in [1.54, 1.807) is 24.3 Å². The molecule has 0 spiro atoms. The normalized spacial score (nSPS) is 11.0. The number of hydrogen-bond acceptors (Lipinski definition) is 4. The van der Waals surface area contributed by atoms with Gasteiger partial charge in [-0.2, -0.15) is 0 Å². The number of carbonyl (C=O) groups is 1. The summed E-state index contributed by atoms with van der Waals surface area (Å²) >= 11 is 0. The molecule has 1 heterocycles. The van der Waals surface area contributed by atoms with Gasteiger partial charge < -0.3 is 14.6 Å². The third-order valence-corrected chi connectivity index (χ3v) is 4.07. The molecule has 0 bridgehead atoms. The number of amides is 1. The summed E-state index contributed by atoms with van der Waals surface area (Å²) in [7, 11) is 1.50. The van der Waals surface area contributed by atoms with Gasteiger partial charge in [0, 0.05) is 19.3 Å². The summed E-state index contributed by atoms with van der Waals surface area (Å²) in [4.78, 5) is 27.3. The Morgan fingerprint density at radius 2 is 1.81 bits per heavy atom. The van der Waals surface area contributed by atoms with Gasteiger partial charge in [0.25, 0.3) is 5.91 Å². The Labute approximate surface area is 151 Å². The van der Waals surface area contributed by atoms with Crippen molar-refractivity contribution in [1.82, 2.24) is 5.32 Å². The molecule has 2 aromatic carbocycles. The van der Waals surface area contributed by atoms with Crippen LogP contribution in [0.15, 0.2) is 76.0 Å². The number of nitrogens with one attached hydrogen (secondary N) is 1. The second-order valence-electron chi connectivity index (χ2n) is 5.70. The lowest BCUT2D eigenvalue weighted by molar-refractivity contribution is 0.0961. The maximum Gasteiger partial charge on any atom is 0.260 e. The van der Waals surface area contributed by atoms with Crippen molar-refractivity contribution in [2.45, 2.75) is 6.92 Å². The fraction of sp³-hybridized carbons (Fsp3) is 0.143. The molecule has 1 amide bonds. The Hall–Kier alpha value is -3.34. The number of para-hydroxylation sites is 2. The van der Waals surface area contributed by atoms with Crippen LogP contribution in [0.3, 0.4) is 0 Å². The highest BCUT2D eigenvalue weighted by molar-refractivity contribution is 6.01. The first-order valence-corrected chi connectivity index (χ1v) is 8.39. The molecule has 0 aliphatic carbocycles. The van der Waals surface area contributed by atoms with E-state index in [1.807, 2.05) is 54.3 Å². The molecule has 0 saturated heterocycles. The van der Waals surface area contributed by atoms with E-state index in [2.05, 4.69) is 5.32 Å². The highest BCUT2D eigenvalue weighted by Gasteiger charge is 2.25. The first-order valence-electron chi connectivity index (χ1n) is 8.39. The molecule has 1 N–H and O–H groups in total. The van der Waals surface area contributed by atoms with E-state index in [1.165, 1.54) is 7.05 Å². The molecule has 5 heteroatoms. The predicted molar refractivity (Wildman–Crippen MR) is 104 cm³/mol. The van der Waals surface area contributed by atoms with E-state index in [0.29, 0.717) is 17.5 Å². The van der Waals surface area contributed by atoms with Gasteiger partial charge in [0.05, 0.1) is 5.39 Å². The van der Waals surface area contributed by atoms with Crippen molar-refractivity contribution >= 4 is 28.4 Å². The van der Waals surface area contributed by atoms with Crippen molar-refractivity contribution in [1.29, 1.82) is 0 Å². The van der Waals surface area contributed by atoms with Crippen molar-refractivity contribution in [2.75, 3.05) is 18.5 Å². The first kappa shape index (κ1) is 17.5. The van der Waals surface area contributed by atoms with Gasteiger partial charge in [0.15, 0.2) is 0 Å². The molecule has 0 saturated carbocycles. The molecule has 26 heavy (non-hydrogen) atoms. The zero-order valence-corrected chi connectivity index (χ0v) is 14.7. The van der Waals surface area contributed by atoms with Gasteiger partial charge in [0.2, 0.25) is 11.3 Å². The number of benzene rings is 2. The van der Waals surface area contributed by atoms with Crippen LogP contribution in [-0.4, -0.2) is 19.5 Å². The summed E-state index contributed by atoms with van der Waals surface area (Å²) in [5.41, 5.74) is 0.929. The third-order valence-electron chi connectivity index (χ3n) is 4.07. The van der Waals surface area contributed by atoms with Gasteiger partial charge in [-0.1, -0.05) is 42.5 Å². The average molecular weight is 348 g/mol. The fourth-order valence-corrected chi connectivity index (χ4v) is 2.77. The van der Waals surface area contributed by atoms with Crippen molar-refractivity contribution in [3.05, 3.63) is 82.5 Å². The van der Waals surface area contributed by atoms with Crippen molar-refractivity contribution in [2.24, 2.45) is 0 Å². The van der Waals surface area contributed by atoms with E-state index in [9.17, 15) is 9.59 Å². The second-order valence-corrected chi connectivity index (χ2v) is 5.70. The molecular formula is C21H20N2O3. The van der Waals surface area contributed by atoms with E-state index in [4.69, 9.17) is 4.42 Å². The summed E-state index contributed by atoms with van der Waals surface area (Å²) in [6.07, 6.45) is 3.85. The molecule has 0 atom stereocenters. The molecule has 0 fully saturated rings. The van der Waals surface area contributed by atoms with Gasteiger partial charge in [-0.25, -0.2) is 0 Å². The number of fused-ring (bicyclic) bond motifs is 1. The number of rotatable bonds is 5. The minimum atomic E-state index is -0.471. The topological polar surface area (TPSA) is 62.6 Å². The minimum Gasteiger partial charge on any atom is -0.439 e. The SMILES string of the molecule is C/C=C/CN(c1ccccc1)c1oc2ccccc2c(=O)c1C(=O)NC. The summed E-state index contributed by atoms with van der Waals surface area (Å²) in [6.45, 7) is 2.38. The zero-order chi connectivity index (χ0) is 18.5. The van der Waals surface area contributed by atoms with E-state index in [0.717, 1.165) is 5.69 Å². The van der Waals surface area contributed by atoms with Crippen LogP contribution in [0.2, 0.25) is 0 Å². The number of carbonyl (C=O) groups excluding carboxylic acids is 1. The summed E-state index contributed by atoms with van der Waals surface area (Å²) in [5, 5.41) is 2.93. The predicted octanol–water partition coefficient (Wildman–Crippen LogP) is 3.87. The van der Waals surface area contributed by atoms with Gasteiger partial charge in [-0.05, 0) is 31.2 Å². The maximum absolute atomic E-state index is 13.0. The Kier molecular flexibility index (Phi) is 5.17. The Balaban J connectivity index is 2.32. The summed E-state index contributed by atoms with van der Waals surface area (Å²) < 4.78 is 6.04. The molecular weight excluding hydrogens is 328 g/mol. The van der Waals surface area contributed by atoms with Crippen molar-refractivity contribution in [3.8, 4) is 0 Å². The zero-order valence-electron chi connectivity index (χ0n) is 14.7. The van der Waals surface area contributed by atoms with Crippen LogP contribution in [0, 0.1) is 0 Å². The fourth-order valence-electron chi connectivity index (χ4n) is 2.77. The molecule has 132 valence electrons. The van der Waals surface area contributed by atoms with Crippen LogP contribution in [0.4, 0.5) is 11.6 Å². The Morgan fingerprint density at radius 1 is 1.12 bits per heavy atom. The molecule has 1 aromatic heterocycles. The Bertz CT molecular complexity index is 1010. The van der Waals surface area contributed by atoms with Gasteiger partial charge in [-0.3, -0.25) is 9.59 Å². The number of allylic oxidation sites excluding steroid dienone is 1. The van der Waals surface area contributed by atoms with Gasteiger partial charge in [-0.15, -0.1) is 0 Å². The van der Waals surface area contributed by atoms with Crippen LogP contribution >= 0.6 is 0 Å². The standard InChI is InChI=1S/C21H20N2O3/c1-3-4-14-23(15-10-6-5-7-11-15)21-18(20(25)22-2)19(24)16-12-8-9-13-17(16)26-21/h3-13H,14H2,1-2H3,(H,22,25)/b4-3+. The lowest BCUT2D eigenvalue weighted by Crippen LogP contribution is -2.30. The smallest absolute Gasteiger partial charge is 0.260 e. The monoisotopic (exact) mass is 348 g/mol. The average Bonchev–Trinajstić information content (AvgIpc) is 2.69. The van der Waals surface area contributed by atoms with Crippen LogP contribution in [-0.2, 0) is 0 Å². The molecule has 0 aliphatic rings.